The molecule has 6 N–H and O–H groups in total. The van der Waals surface area contributed by atoms with Crippen LogP contribution in [0.15, 0.2) is 18.5 Å². The van der Waals surface area contributed by atoms with Crippen LogP contribution >= 0.6 is 11.6 Å². The summed E-state index contributed by atoms with van der Waals surface area (Å²) in [6, 6.07) is 1.31. The van der Waals surface area contributed by atoms with E-state index in [1.165, 1.54) is 18.5 Å². The minimum absolute atomic E-state index is 0.0256. The van der Waals surface area contributed by atoms with Gasteiger partial charge in [0.1, 0.15) is 10.7 Å². The summed E-state index contributed by atoms with van der Waals surface area (Å²) in [5, 5.41) is 3.54. The zero-order valence-corrected chi connectivity index (χ0v) is 9.78. The maximum Gasteiger partial charge on any atom is 0.251 e. The standard InChI is InChI=1S/C10H9ClFN5O/c11-7-5(13)1-6(14)9(8(7)12)17-3-4(2-16-17)10(15)18/h1-3H,13-14H2,(H2,15,18). The first-order valence-electron chi connectivity index (χ1n) is 4.79. The van der Waals surface area contributed by atoms with Gasteiger partial charge >= 0.3 is 0 Å². The van der Waals surface area contributed by atoms with Crippen molar-refractivity contribution in [3.8, 4) is 5.69 Å². The lowest BCUT2D eigenvalue weighted by atomic mass is 10.2. The fourth-order valence-electron chi connectivity index (χ4n) is 1.46. The molecule has 0 unspecified atom stereocenters. The van der Waals surface area contributed by atoms with E-state index < -0.39 is 11.7 Å². The molecule has 2 rings (SSSR count). The summed E-state index contributed by atoms with van der Waals surface area (Å²) in [7, 11) is 0. The third-order valence-electron chi connectivity index (χ3n) is 2.33. The quantitative estimate of drug-likeness (QED) is 0.704. The van der Waals surface area contributed by atoms with E-state index in [1.54, 1.807) is 0 Å². The van der Waals surface area contributed by atoms with Crippen LogP contribution in [0, 0.1) is 5.82 Å². The monoisotopic (exact) mass is 269 g/mol. The van der Waals surface area contributed by atoms with Gasteiger partial charge in [0.05, 0.1) is 23.1 Å². The highest BCUT2D eigenvalue weighted by Crippen LogP contribution is 2.32. The van der Waals surface area contributed by atoms with Gasteiger partial charge in [-0.3, -0.25) is 4.79 Å². The first kappa shape index (κ1) is 12.2. The molecule has 0 bridgehead atoms. The number of aromatic nitrogens is 2. The SMILES string of the molecule is NC(=O)c1cnn(-c2c(N)cc(N)c(Cl)c2F)c1. The molecule has 8 heteroatoms. The molecular weight excluding hydrogens is 261 g/mol. The van der Waals surface area contributed by atoms with Crippen molar-refractivity contribution in [2.24, 2.45) is 5.73 Å². The summed E-state index contributed by atoms with van der Waals surface area (Å²) in [6.45, 7) is 0. The van der Waals surface area contributed by atoms with E-state index in [1.807, 2.05) is 0 Å². The number of hydrogen-bond donors (Lipinski definition) is 3. The molecule has 0 aliphatic carbocycles. The Balaban J connectivity index is 2.63. The Bertz CT molecular complexity index is 639. The Morgan fingerprint density at radius 1 is 1.39 bits per heavy atom. The number of nitrogen functional groups attached to an aromatic ring is 2. The molecule has 1 heterocycles. The molecular formula is C10H9ClFN5O. The van der Waals surface area contributed by atoms with Gasteiger partial charge in [-0.2, -0.15) is 5.10 Å². The zero-order valence-electron chi connectivity index (χ0n) is 9.02. The highest BCUT2D eigenvalue weighted by molar-refractivity contribution is 6.33. The van der Waals surface area contributed by atoms with Gasteiger partial charge in [-0.15, -0.1) is 0 Å². The van der Waals surface area contributed by atoms with E-state index in [0.717, 1.165) is 4.68 Å². The number of halogens is 2. The van der Waals surface area contributed by atoms with Crippen LogP contribution in [-0.4, -0.2) is 15.7 Å². The highest BCUT2D eigenvalue weighted by Gasteiger charge is 2.17. The van der Waals surface area contributed by atoms with E-state index >= 15 is 0 Å². The van der Waals surface area contributed by atoms with Gasteiger partial charge in [0.15, 0.2) is 5.82 Å². The minimum atomic E-state index is -0.812. The fraction of sp³-hybridized carbons (Fsp3) is 0. The molecule has 0 aliphatic rings. The van der Waals surface area contributed by atoms with Gasteiger partial charge in [0, 0.05) is 6.20 Å². The first-order chi connectivity index (χ1) is 8.41. The second-order valence-corrected chi connectivity index (χ2v) is 3.95. The summed E-state index contributed by atoms with van der Waals surface area (Å²) in [5.41, 5.74) is 16.3. The number of primary amides is 1. The lowest BCUT2D eigenvalue weighted by molar-refractivity contribution is 0.100. The molecule has 94 valence electrons. The molecule has 0 spiro atoms. The second-order valence-electron chi connectivity index (χ2n) is 3.57. The summed E-state index contributed by atoms with van der Waals surface area (Å²) >= 11 is 5.69. The number of carbonyl (C=O) groups is 1. The van der Waals surface area contributed by atoms with E-state index in [-0.39, 0.29) is 27.6 Å². The Hall–Kier alpha value is -2.28. The van der Waals surface area contributed by atoms with Crippen molar-refractivity contribution >= 4 is 28.9 Å². The van der Waals surface area contributed by atoms with E-state index in [4.69, 9.17) is 28.8 Å². The van der Waals surface area contributed by atoms with Crippen molar-refractivity contribution in [3.63, 3.8) is 0 Å². The number of anilines is 2. The van der Waals surface area contributed by atoms with Crippen molar-refractivity contribution < 1.29 is 9.18 Å². The second kappa shape index (κ2) is 4.19. The topological polar surface area (TPSA) is 113 Å². The van der Waals surface area contributed by atoms with Crippen LogP contribution in [0.2, 0.25) is 5.02 Å². The lowest BCUT2D eigenvalue weighted by Gasteiger charge is -2.10. The molecule has 0 radical (unpaired) electrons. The van der Waals surface area contributed by atoms with Gasteiger partial charge in [-0.05, 0) is 6.07 Å². The molecule has 0 atom stereocenters. The number of rotatable bonds is 2. The normalized spacial score (nSPS) is 10.6. The van der Waals surface area contributed by atoms with Gasteiger partial charge in [-0.1, -0.05) is 11.6 Å². The summed E-state index contributed by atoms with van der Waals surface area (Å²) in [5.74, 6) is -1.49. The molecule has 18 heavy (non-hydrogen) atoms. The van der Waals surface area contributed by atoms with Crippen LogP contribution in [0.3, 0.4) is 0 Å². The van der Waals surface area contributed by atoms with Crippen LogP contribution in [0.5, 0.6) is 0 Å². The van der Waals surface area contributed by atoms with Gasteiger partial charge < -0.3 is 17.2 Å². The minimum Gasteiger partial charge on any atom is -0.397 e. The fourth-order valence-corrected chi connectivity index (χ4v) is 1.61. The maximum atomic E-state index is 14.0. The third-order valence-corrected chi connectivity index (χ3v) is 2.72. The molecule has 0 fully saturated rings. The van der Waals surface area contributed by atoms with Gasteiger partial charge in [-0.25, -0.2) is 9.07 Å². The molecule has 1 aromatic heterocycles. The molecule has 0 saturated carbocycles. The third kappa shape index (κ3) is 1.84. The molecule has 0 saturated heterocycles. The largest absolute Gasteiger partial charge is 0.397 e. The van der Waals surface area contributed by atoms with Crippen molar-refractivity contribution in [2.45, 2.75) is 0 Å². The van der Waals surface area contributed by atoms with Crippen LogP contribution < -0.4 is 17.2 Å². The number of benzene rings is 1. The van der Waals surface area contributed by atoms with Crippen molar-refractivity contribution in [1.29, 1.82) is 0 Å². The number of nitrogens with zero attached hydrogens (tertiary/aromatic N) is 2. The number of amides is 1. The predicted octanol–water partition coefficient (Wildman–Crippen LogP) is 0.928. The Morgan fingerprint density at radius 2 is 2.06 bits per heavy atom. The Labute approximate surface area is 106 Å². The van der Waals surface area contributed by atoms with Crippen LogP contribution in [0.25, 0.3) is 5.69 Å². The number of hydrogen-bond acceptors (Lipinski definition) is 4. The molecule has 1 amide bonds. The van der Waals surface area contributed by atoms with Gasteiger partial charge in [0.2, 0.25) is 0 Å². The average molecular weight is 270 g/mol. The van der Waals surface area contributed by atoms with Crippen LogP contribution in [0.4, 0.5) is 15.8 Å². The number of nitrogens with two attached hydrogens (primary N) is 3. The molecule has 1 aromatic carbocycles. The smallest absolute Gasteiger partial charge is 0.251 e. The first-order valence-corrected chi connectivity index (χ1v) is 5.17. The number of carbonyl (C=O) groups excluding carboxylic acids is 1. The van der Waals surface area contributed by atoms with Gasteiger partial charge in [0.25, 0.3) is 5.91 Å². The van der Waals surface area contributed by atoms with Crippen molar-refractivity contribution in [1.82, 2.24) is 9.78 Å². The maximum absolute atomic E-state index is 14.0. The predicted molar refractivity (Wildman–Crippen MR) is 65.9 cm³/mol. The zero-order chi connectivity index (χ0) is 13.4. The summed E-state index contributed by atoms with van der Waals surface area (Å²) in [4.78, 5) is 10.9. The van der Waals surface area contributed by atoms with E-state index in [2.05, 4.69) is 5.10 Å². The lowest BCUT2D eigenvalue weighted by Crippen LogP contribution is -2.10. The van der Waals surface area contributed by atoms with Crippen molar-refractivity contribution in [3.05, 3.63) is 34.9 Å². The molecule has 6 nitrogen and oxygen atoms in total. The summed E-state index contributed by atoms with van der Waals surface area (Å²) < 4.78 is 15.0. The highest BCUT2D eigenvalue weighted by atomic mass is 35.5. The summed E-state index contributed by atoms with van der Waals surface area (Å²) in [6.07, 6.45) is 2.45. The molecule has 0 aliphatic heterocycles. The molecule has 2 aromatic rings. The van der Waals surface area contributed by atoms with E-state index in [0.29, 0.717) is 0 Å². The van der Waals surface area contributed by atoms with Crippen LogP contribution in [0.1, 0.15) is 10.4 Å². The Kier molecular flexibility index (Phi) is 2.84. The average Bonchev–Trinajstić information content (AvgIpc) is 2.75. The van der Waals surface area contributed by atoms with E-state index in [9.17, 15) is 9.18 Å². The van der Waals surface area contributed by atoms with Crippen LogP contribution in [-0.2, 0) is 0 Å². The van der Waals surface area contributed by atoms with Crippen molar-refractivity contribution in [2.75, 3.05) is 11.5 Å². The Morgan fingerprint density at radius 3 is 2.61 bits per heavy atom.